The van der Waals surface area contributed by atoms with Gasteiger partial charge in [0.25, 0.3) is 0 Å². The molecule has 20 heavy (non-hydrogen) atoms. The molecule has 0 bridgehead atoms. The summed E-state index contributed by atoms with van der Waals surface area (Å²) in [6.07, 6.45) is 0.537. The minimum atomic E-state index is -3.02. The molecule has 1 saturated heterocycles. The van der Waals surface area contributed by atoms with E-state index in [2.05, 4.69) is 9.97 Å². The molecule has 108 valence electrons. The zero-order chi connectivity index (χ0) is 14.5. The van der Waals surface area contributed by atoms with E-state index >= 15 is 0 Å². The number of hydrogen-bond acceptors (Lipinski definition) is 5. The van der Waals surface area contributed by atoms with Gasteiger partial charge < -0.3 is 9.72 Å². The molecule has 6 nitrogen and oxygen atoms in total. The molecule has 1 fully saturated rings. The maximum absolute atomic E-state index is 11.8. The van der Waals surface area contributed by atoms with E-state index in [0.29, 0.717) is 22.7 Å². The van der Waals surface area contributed by atoms with Gasteiger partial charge in [0.15, 0.2) is 20.3 Å². The summed E-state index contributed by atoms with van der Waals surface area (Å²) in [5, 5.41) is 0. The zero-order valence-electron chi connectivity index (χ0n) is 11.2. The Hall–Kier alpha value is -1.41. The van der Waals surface area contributed by atoms with E-state index in [4.69, 9.17) is 17.0 Å². The number of nitrogens with zero attached hydrogens (tertiary/aromatic N) is 2. The summed E-state index contributed by atoms with van der Waals surface area (Å²) in [5.41, 5.74) is 0.850. The van der Waals surface area contributed by atoms with Crippen molar-refractivity contribution in [2.75, 3.05) is 18.6 Å². The number of pyridine rings is 1. The third kappa shape index (κ3) is 2.03. The van der Waals surface area contributed by atoms with Gasteiger partial charge in [-0.1, -0.05) is 0 Å². The molecule has 0 aromatic carbocycles. The number of imidazole rings is 1. The largest absolute Gasteiger partial charge is 0.481 e. The highest BCUT2D eigenvalue weighted by molar-refractivity contribution is 7.91. The fourth-order valence-corrected chi connectivity index (χ4v) is 5.28. The number of H-pyrrole nitrogens is 1. The molecule has 1 aliphatic heterocycles. The molecule has 1 atom stereocenters. The van der Waals surface area contributed by atoms with Crippen molar-refractivity contribution in [1.82, 2.24) is 14.5 Å². The van der Waals surface area contributed by atoms with Gasteiger partial charge in [-0.05, 0) is 31.6 Å². The maximum atomic E-state index is 11.8. The second kappa shape index (κ2) is 4.29. The highest BCUT2D eigenvalue weighted by atomic mass is 32.2. The quantitative estimate of drug-likeness (QED) is 0.853. The van der Waals surface area contributed by atoms with Crippen LogP contribution in [0, 0.1) is 4.77 Å². The Morgan fingerprint density at radius 2 is 2.25 bits per heavy atom. The Kier molecular flexibility index (Phi) is 2.91. The highest BCUT2D eigenvalue weighted by Crippen LogP contribution is 2.33. The highest BCUT2D eigenvalue weighted by Gasteiger charge is 2.41. The molecule has 0 aliphatic carbocycles. The molecule has 3 heterocycles. The van der Waals surface area contributed by atoms with Gasteiger partial charge in [0.2, 0.25) is 5.88 Å². The molecule has 1 N–H and O–H groups in total. The Morgan fingerprint density at radius 1 is 1.50 bits per heavy atom. The monoisotopic (exact) mass is 313 g/mol. The van der Waals surface area contributed by atoms with E-state index in [1.54, 1.807) is 13.2 Å². The van der Waals surface area contributed by atoms with Crippen LogP contribution in [0.15, 0.2) is 12.1 Å². The Balaban J connectivity index is 2.26. The molecule has 8 heteroatoms. The van der Waals surface area contributed by atoms with Gasteiger partial charge >= 0.3 is 0 Å². The predicted octanol–water partition coefficient (Wildman–Crippen LogP) is 1.64. The smallest absolute Gasteiger partial charge is 0.215 e. The minimum Gasteiger partial charge on any atom is -0.481 e. The van der Waals surface area contributed by atoms with Gasteiger partial charge in [-0.15, -0.1) is 0 Å². The number of sulfone groups is 1. The van der Waals surface area contributed by atoms with Crippen molar-refractivity contribution in [3.05, 3.63) is 16.9 Å². The fraction of sp³-hybridized carbons (Fsp3) is 0.500. The van der Waals surface area contributed by atoms with Crippen LogP contribution >= 0.6 is 12.2 Å². The van der Waals surface area contributed by atoms with Gasteiger partial charge in [-0.25, -0.2) is 8.42 Å². The van der Waals surface area contributed by atoms with Crippen molar-refractivity contribution in [2.45, 2.75) is 18.9 Å². The number of methoxy groups -OCH3 is 1. The number of aromatic amines is 1. The van der Waals surface area contributed by atoms with Crippen LogP contribution in [0.1, 0.15) is 13.3 Å². The minimum absolute atomic E-state index is 0.0835. The van der Waals surface area contributed by atoms with Crippen molar-refractivity contribution >= 4 is 33.2 Å². The number of fused-ring (bicyclic) bond motifs is 1. The summed E-state index contributed by atoms with van der Waals surface area (Å²) in [5.74, 6) is 0.743. The van der Waals surface area contributed by atoms with Crippen molar-refractivity contribution in [2.24, 2.45) is 0 Å². The van der Waals surface area contributed by atoms with Crippen LogP contribution < -0.4 is 4.74 Å². The SMILES string of the molecule is COc1ccc2[nH]c(=S)n(C3(C)CCS(=O)(=O)C3)c2n1. The van der Waals surface area contributed by atoms with Crippen LogP contribution in [0.3, 0.4) is 0 Å². The Bertz CT molecular complexity index is 837. The lowest BCUT2D eigenvalue weighted by Gasteiger charge is -2.24. The third-order valence-electron chi connectivity index (χ3n) is 3.74. The molecule has 2 aromatic heterocycles. The lowest BCUT2D eigenvalue weighted by molar-refractivity contribution is 0.366. The van der Waals surface area contributed by atoms with E-state index in [1.807, 2.05) is 17.6 Å². The summed E-state index contributed by atoms with van der Waals surface area (Å²) in [4.78, 5) is 7.47. The summed E-state index contributed by atoms with van der Waals surface area (Å²) < 4.78 is 31.0. The second-order valence-electron chi connectivity index (χ2n) is 5.33. The van der Waals surface area contributed by atoms with E-state index in [1.165, 1.54) is 0 Å². The van der Waals surface area contributed by atoms with E-state index in [0.717, 1.165) is 5.52 Å². The zero-order valence-corrected chi connectivity index (χ0v) is 12.8. The first-order chi connectivity index (χ1) is 9.35. The number of ether oxygens (including phenoxy) is 1. The van der Waals surface area contributed by atoms with Crippen molar-refractivity contribution < 1.29 is 13.2 Å². The van der Waals surface area contributed by atoms with Crippen LogP contribution in [0.5, 0.6) is 5.88 Å². The number of hydrogen-bond donors (Lipinski definition) is 1. The van der Waals surface area contributed by atoms with Crippen LogP contribution in [0.2, 0.25) is 0 Å². The van der Waals surface area contributed by atoms with Gasteiger partial charge in [-0.3, -0.25) is 4.57 Å². The molecule has 0 saturated carbocycles. The van der Waals surface area contributed by atoms with Crippen LogP contribution in [-0.4, -0.2) is 41.6 Å². The lowest BCUT2D eigenvalue weighted by atomic mass is 10.0. The van der Waals surface area contributed by atoms with Crippen molar-refractivity contribution in [1.29, 1.82) is 0 Å². The van der Waals surface area contributed by atoms with Gasteiger partial charge in [-0.2, -0.15) is 4.98 Å². The molecule has 1 aliphatic rings. The number of aromatic nitrogens is 3. The van der Waals surface area contributed by atoms with Gasteiger partial charge in [0.05, 0.1) is 29.7 Å². The predicted molar refractivity (Wildman–Crippen MR) is 78.4 cm³/mol. The molecular formula is C12H15N3O3S2. The number of rotatable bonds is 2. The second-order valence-corrected chi connectivity index (χ2v) is 7.90. The first kappa shape index (κ1) is 13.6. The molecule has 0 amide bonds. The fourth-order valence-electron chi connectivity index (χ4n) is 2.75. The average Bonchev–Trinajstić information content (AvgIpc) is 2.85. The molecule has 0 spiro atoms. The van der Waals surface area contributed by atoms with Crippen LogP contribution in [-0.2, 0) is 15.4 Å². The molecule has 3 rings (SSSR count). The first-order valence-corrected chi connectivity index (χ1v) is 8.44. The van der Waals surface area contributed by atoms with E-state index in [-0.39, 0.29) is 11.5 Å². The Morgan fingerprint density at radius 3 is 2.85 bits per heavy atom. The summed E-state index contributed by atoms with van der Waals surface area (Å²) in [6.45, 7) is 1.90. The number of nitrogens with one attached hydrogen (secondary N) is 1. The summed E-state index contributed by atoms with van der Waals surface area (Å²) in [6, 6.07) is 3.58. The lowest BCUT2D eigenvalue weighted by Crippen LogP contribution is -2.31. The summed E-state index contributed by atoms with van der Waals surface area (Å²) in [7, 11) is -1.48. The van der Waals surface area contributed by atoms with E-state index in [9.17, 15) is 8.42 Å². The standard InChI is InChI=1S/C12H15N3O3S2/c1-12(5-6-20(16,17)7-12)15-10-8(13-11(15)19)3-4-9(14-10)18-2/h3-4H,5-7H2,1-2H3,(H,13,19). The molecule has 1 unspecified atom stereocenters. The maximum Gasteiger partial charge on any atom is 0.215 e. The van der Waals surface area contributed by atoms with Crippen molar-refractivity contribution in [3.63, 3.8) is 0 Å². The Labute approximate surface area is 121 Å². The van der Waals surface area contributed by atoms with Crippen LogP contribution in [0.25, 0.3) is 11.2 Å². The third-order valence-corrected chi connectivity index (χ3v) is 5.91. The topological polar surface area (TPSA) is 77.0 Å². The molecular weight excluding hydrogens is 298 g/mol. The average molecular weight is 313 g/mol. The summed E-state index contributed by atoms with van der Waals surface area (Å²) >= 11 is 5.35. The normalized spacial score (nSPS) is 25.1. The molecule has 2 aromatic rings. The van der Waals surface area contributed by atoms with Gasteiger partial charge in [0.1, 0.15) is 0 Å². The van der Waals surface area contributed by atoms with Gasteiger partial charge in [0, 0.05) is 6.07 Å². The first-order valence-electron chi connectivity index (χ1n) is 6.21. The van der Waals surface area contributed by atoms with Crippen molar-refractivity contribution in [3.8, 4) is 5.88 Å². The van der Waals surface area contributed by atoms with E-state index < -0.39 is 15.4 Å². The molecule has 0 radical (unpaired) electrons. The van der Waals surface area contributed by atoms with Crippen LogP contribution in [0.4, 0.5) is 0 Å².